The molecule has 2 aromatic rings. The molecule has 0 saturated carbocycles. The first-order valence-corrected chi connectivity index (χ1v) is 6.15. The molecule has 0 aliphatic heterocycles. The maximum absolute atomic E-state index is 11.2. The van der Waals surface area contributed by atoms with Gasteiger partial charge in [0.2, 0.25) is 0 Å². The molecular weight excluding hydrogens is 244 g/mol. The number of rotatable bonds is 5. The molecule has 2 aromatic carbocycles. The van der Waals surface area contributed by atoms with E-state index in [1.54, 1.807) is 19.1 Å². The molecule has 0 fully saturated rings. The molecule has 0 radical (unpaired) electrons. The summed E-state index contributed by atoms with van der Waals surface area (Å²) in [6, 6.07) is 10.9. The van der Waals surface area contributed by atoms with Crippen molar-refractivity contribution in [3.8, 4) is 5.75 Å². The lowest BCUT2D eigenvalue weighted by Gasteiger charge is -2.11. The quantitative estimate of drug-likeness (QED) is 0.867. The molecule has 100 valence electrons. The van der Waals surface area contributed by atoms with Gasteiger partial charge < -0.3 is 14.9 Å². The van der Waals surface area contributed by atoms with Crippen molar-refractivity contribution < 1.29 is 19.7 Å². The van der Waals surface area contributed by atoms with Gasteiger partial charge in [0.15, 0.2) is 0 Å². The number of carboxylic acids is 1. The van der Waals surface area contributed by atoms with E-state index in [0.717, 1.165) is 10.8 Å². The topological polar surface area (TPSA) is 66.8 Å². The second-order valence-electron chi connectivity index (χ2n) is 4.49. The Bertz CT molecular complexity index is 590. The van der Waals surface area contributed by atoms with Crippen LogP contribution in [0.5, 0.6) is 5.75 Å². The zero-order valence-corrected chi connectivity index (χ0v) is 10.7. The monoisotopic (exact) mass is 260 g/mol. The molecule has 19 heavy (non-hydrogen) atoms. The van der Waals surface area contributed by atoms with Crippen LogP contribution in [0.3, 0.4) is 0 Å². The van der Waals surface area contributed by atoms with E-state index in [1.807, 2.05) is 24.3 Å². The third-order valence-corrected chi connectivity index (χ3v) is 2.87. The maximum Gasteiger partial charge on any atom is 0.339 e. The Morgan fingerprint density at radius 3 is 2.47 bits per heavy atom. The van der Waals surface area contributed by atoms with Crippen molar-refractivity contribution in [2.45, 2.75) is 19.4 Å². The van der Waals surface area contributed by atoms with Gasteiger partial charge >= 0.3 is 5.97 Å². The van der Waals surface area contributed by atoms with E-state index in [-0.39, 0.29) is 12.2 Å². The summed E-state index contributed by atoms with van der Waals surface area (Å²) in [5, 5.41) is 20.2. The van der Waals surface area contributed by atoms with E-state index in [4.69, 9.17) is 4.74 Å². The Labute approximate surface area is 111 Å². The van der Waals surface area contributed by atoms with Crippen LogP contribution >= 0.6 is 0 Å². The largest absolute Gasteiger partial charge is 0.493 e. The van der Waals surface area contributed by atoms with Crippen molar-refractivity contribution in [3.63, 3.8) is 0 Å². The highest BCUT2D eigenvalue weighted by molar-refractivity contribution is 5.97. The molecule has 0 spiro atoms. The molecule has 0 heterocycles. The van der Waals surface area contributed by atoms with Crippen molar-refractivity contribution in [3.05, 3.63) is 42.0 Å². The van der Waals surface area contributed by atoms with E-state index in [2.05, 4.69) is 0 Å². The van der Waals surface area contributed by atoms with Crippen molar-refractivity contribution in [1.29, 1.82) is 0 Å². The van der Waals surface area contributed by atoms with Crippen LogP contribution in [0.25, 0.3) is 10.8 Å². The van der Waals surface area contributed by atoms with Gasteiger partial charge in [-0.25, -0.2) is 4.79 Å². The van der Waals surface area contributed by atoms with E-state index in [1.165, 1.54) is 0 Å². The number of hydrogen-bond donors (Lipinski definition) is 2. The van der Waals surface area contributed by atoms with Gasteiger partial charge in [-0.3, -0.25) is 0 Å². The molecule has 1 atom stereocenters. The van der Waals surface area contributed by atoms with Gasteiger partial charge in [-0.2, -0.15) is 0 Å². The normalized spacial score (nSPS) is 12.3. The number of carbonyl (C=O) groups is 1. The third kappa shape index (κ3) is 3.23. The zero-order chi connectivity index (χ0) is 13.8. The Kier molecular flexibility index (Phi) is 4.02. The van der Waals surface area contributed by atoms with Crippen LogP contribution in [0.1, 0.15) is 23.7 Å². The summed E-state index contributed by atoms with van der Waals surface area (Å²) in [4.78, 5) is 11.2. The van der Waals surface area contributed by atoms with Crippen molar-refractivity contribution in [1.82, 2.24) is 0 Å². The average Bonchev–Trinajstić information content (AvgIpc) is 2.37. The third-order valence-electron chi connectivity index (χ3n) is 2.87. The number of fused-ring (bicyclic) bond motifs is 1. The molecule has 4 heteroatoms. The van der Waals surface area contributed by atoms with Crippen LogP contribution in [0, 0.1) is 0 Å². The summed E-state index contributed by atoms with van der Waals surface area (Å²) in [5.74, 6) is -0.676. The van der Waals surface area contributed by atoms with Gasteiger partial charge in [-0.1, -0.05) is 24.3 Å². The molecule has 0 aromatic heterocycles. The lowest BCUT2D eigenvalue weighted by molar-refractivity contribution is 0.0692. The minimum atomic E-state index is -1.02. The highest BCUT2D eigenvalue weighted by atomic mass is 16.5. The molecule has 0 amide bonds. The SMILES string of the molecule is CC(O)CCOc1cc2ccccc2cc1C(=O)O. The molecule has 2 N–H and O–H groups in total. The van der Waals surface area contributed by atoms with Gasteiger partial charge in [0.1, 0.15) is 11.3 Å². The maximum atomic E-state index is 11.2. The standard InChI is InChI=1S/C15H16O4/c1-10(16)6-7-19-14-9-12-5-3-2-4-11(12)8-13(14)15(17)18/h2-5,8-10,16H,6-7H2,1H3,(H,17,18). The second kappa shape index (κ2) is 5.71. The van der Waals surface area contributed by atoms with Crippen LogP contribution in [-0.4, -0.2) is 28.9 Å². The number of carboxylic acid groups (broad SMARTS) is 1. The zero-order valence-electron chi connectivity index (χ0n) is 10.7. The van der Waals surface area contributed by atoms with Crippen LogP contribution in [0.2, 0.25) is 0 Å². The number of aliphatic hydroxyl groups is 1. The summed E-state index contributed by atoms with van der Waals surface area (Å²) in [6.45, 7) is 1.96. The van der Waals surface area contributed by atoms with Crippen LogP contribution in [0.15, 0.2) is 36.4 Å². The highest BCUT2D eigenvalue weighted by Crippen LogP contribution is 2.26. The van der Waals surface area contributed by atoms with Crippen LogP contribution in [-0.2, 0) is 0 Å². The number of aliphatic hydroxyl groups excluding tert-OH is 1. The van der Waals surface area contributed by atoms with Gasteiger partial charge in [0.05, 0.1) is 12.7 Å². The van der Waals surface area contributed by atoms with Crippen LogP contribution in [0.4, 0.5) is 0 Å². The first-order valence-electron chi connectivity index (χ1n) is 6.15. The fourth-order valence-corrected chi connectivity index (χ4v) is 1.85. The molecule has 4 nitrogen and oxygen atoms in total. The highest BCUT2D eigenvalue weighted by Gasteiger charge is 2.13. The first kappa shape index (κ1) is 13.4. The van der Waals surface area contributed by atoms with E-state index in [0.29, 0.717) is 12.2 Å². The summed E-state index contributed by atoms with van der Waals surface area (Å²) in [7, 11) is 0. The minimum Gasteiger partial charge on any atom is -0.493 e. The Morgan fingerprint density at radius 2 is 1.89 bits per heavy atom. The van der Waals surface area contributed by atoms with E-state index in [9.17, 15) is 15.0 Å². The van der Waals surface area contributed by atoms with E-state index < -0.39 is 12.1 Å². The molecule has 0 saturated heterocycles. The lowest BCUT2D eigenvalue weighted by atomic mass is 10.1. The number of hydrogen-bond acceptors (Lipinski definition) is 3. The molecule has 1 unspecified atom stereocenters. The smallest absolute Gasteiger partial charge is 0.339 e. The average molecular weight is 260 g/mol. The fraction of sp³-hybridized carbons (Fsp3) is 0.267. The van der Waals surface area contributed by atoms with Gasteiger partial charge in [-0.15, -0.1) is 0 Å². The molecule has 0 aliphatic carbocycles. The molecular formula is C15H16O4. The van der Waals surface area contributed by atoms with E-state index >= 15 is 0 Å². The Morgan fingerprint density at radius 1 is 1.26 bits per heavy atom. The first-order chi connectivity index (χ1) is 9.08. The molecule has 0 bridgehead atoms. The summed E-state index contributed by atoms with van der Waals surface area (Å²) < 4.78 is 5.48. The van der Waals surface area contributed by atoms with Crippen molar-refractivity contribution >= 4 is 16.7 Å². The predicted molar refractivity (Wildman–Crippen MR) is 72.7 cm³/mol. The van der Waals surface area contributed by atoms with Crippen molar-refractivity contribution in [2.24, 2.45) is 0 Å². The number of ether oxygens (including phenoxy) is 1. The number of benzene rings is 2. The van der Waals surface area contributed by atoms with Crippen LogP contribution < -0.4 is 4.74 Å². The van der Waals surface area contributed by atoms with Gasteiger partial charge in [0, 0.05) is 6.42 Å². The molecule has 2 rings (SSSR count). The fourth-order valence-electron chi connectivity index (χ4n) is 1.85. The molecule has 0 aliphatic rings. The summed E-state index contributed by atoms with van der Waals surface area (Å²) >= 11 is 0. The Hall–Kier alpha value is -2.07. The second-order valence-corrected chi connectivity index (χ2v) is 4.49. The van der Waals surface area contributed by atoms with Gasteiger partial charge in [-0.05, 0) is 29.8 Å². The Balaban J connectivity index is 2.33. The lowest BCUT2D eigenvalue weighted by Crippen LogP contribution is -2.09. The predicted octanol–water partition coefficient (Wildman–Crippen LogP) is 2.69. The van der Waals surface area contributed by atoms with Crippen molar-refractivity contribution in [2.75, 3.05) is 6.61 Å². The van der Waals surface area contributed by atoms with Gasteiger partial charge in [0.25, 0.3) is 0 Å². The number of aromatic carboxylic acids is 1. The summed E-state index contributed by atoms with van der Waals surface area (Å²) in [6.07, 6.45) is 0.0000377. The minimum absolute atomic E-state index is 0.143. The summed E-state index contributed by atoms with van der Waals surface area (Å²) in [5.41, 5.74) is 0.143.